The Bertz CT molecular complexity index is 1290. The Morgan fingerprint density at radius 2 is 1.92 bits per heavy atom. The summed E-state index contributed by atoms with van der Waals surface area (Å²) < 4.78 is 6.35. The Labute approximate surface area is 216 Å². The SMILES string of the molecule is CN1CCN(Cc2cccc(-c3ccc4c(c3)NCC(c3nc5c(s3)C(=O)NC(C)(C)C5)O4)c2)CC1. The van der Waals surface area contributed by atoms with E-state index in [-0.39, 0.29) is 17.6 Å². The normalized spacial score (nSPS) is 21.6. The molecular weight excluding hydrogens is 470 g/mol. The molecule has 1 saturated heterocycles. The number of nitrogens with zero attached hydrogens (tertiary/aromatic N) is 3. The summed E-state index contributed by atoms with van der Waals surface area (Å²) in [5.41, 5.74) is 5.34. The molecule has 1 amide bonds. The Morgan fingerprint density at radius 1 is 1.11 bits per heavy atom. The smallest absolute Gasteiger partial charge is 0.263 e. The van der Waals surface area contributed by atoms with Crippen molar-refractivity contribution in [3.8, 4) is 16.9 Å². The lowest BCUT2D eigenvalue weighted by molar-refractivity contribution is 0.0900. The Kier molecular flexibility index (Phi) is 5.98. The van der Waals surface area contributed by atoms with Crippen LogP contribution < -0.4 is 15.4 Å². The van der Waals surface area contributed by atoms with Crippen molar-refractivity contribution in [2.24, 2.45) is 0 Å². The van der Waals surface area contributed by atoms with Gasteiger partial charge in [0.25, 0.3) is 5.91 Å². The van der Waals surface area contributed by atoms with Crippen molar-refractivity contribution >= 4 is 22.9 Å². The zero-order chi connectivity index (χ0) is 24.9. The molecule has 0 spiro atoms. The summed E-state index contributed by atoms with van der Waals surface area (Å²) in [7, 11) is 2.19. The predicted molar refractivity (Wildman–Crippen MR) is 144 cm³/mol. The molecule has 188 valence electrons. The van der Waals surface area contributed by atoms with Gasteiger partial charge in [-0.2, -0.15) is 0 Å². The summed E-state index contributed by atoms with van der Waals surface area (Å²) in [6, 6.07) is 15.2. The van der Waals surface area contributed by atoms with Gasteiger partial charge >= 0.3 is 0 Å². The van der Waals surface area contributed by atoms with E-state index in [1.807, 2.05) is 19.9 Å². The number of nitrogens with one attached hydrogen (secondary N) is 2. The first-order chi connectivity index (χ1) is 17.3. The molecule has 8 heteroatoms. The van der Waals surface area contributed by atoms with Crippen molar-refractivity contribution in [3.05, 3.63) is 63.6 Å². The zero-order valence-electron chi connectivity index (χ0n) is 21.1. The molecule has 0 aliphatic carbocycles. The van der Waals surface area contributed by atoms with Crippen LogP contribution in [0.25, 0.3) is 11.1 Å². The topological polar surface area (TPSA) is 69.7 Å². The van der Waals surface area contributed by atoms with Crippen molar-refractivity contribution in [2.45, 2.75) is 38.5 Å². The number of carbonyl (C=O) groups is 1. The zero-order valence-corrected chi connectivity index (χ0v) is 22.0. The number of fused-ring (bicyclic) bond motifs is 2. The fourth-order valence-corrected chi connectivity index (χ4v) is 6.24. The Balaban J connectivity index is 1.17. The van der Waals surface area contributed by atoms with Crippen LogP contribution in [-0.4, -0.2) is 66.0 Å². The summed E-state index contributed by atoms with van der Waals surface area (Å²) in [6.45, 7) is 10.2. The van der Waals surface area contributed by atoms with E-state index in [2.05, 4.69) is 63.9 Å². The molecule has 2 N–H and O–H groups in total. The van der Waals surface area contributed by atoms with Gasteiger partial charge in [0.15, 0.2) is 6.10 Å². The number of aromatic nitrogens is 1. The third kappa shape index (κ3) is 4.73. The minimum atomic E-state index is -0.272. The van der Waals surface area contributed by atoms with Crippen LogP contribution in [0.5, 0.6) is 5.75 Å². The van der Waals surface area contributed by atoms with E-state index in [4.69, 9.17) is 9.72 Å². The molecule has 36 heavy (non-hydrogen) atoms. The highest BCUT2D eigenvalue weighted by atomic mass is 32.1. The highest BCUT2D eigenvalue weighted by molar-refractivity contribution is 7.14. The van der Waals surface area contributed by atoms with Gasteiger partial charge in [-0.15, -0.1) is 11.3 Å². The van der Waals surface area contributed by atoms with Gasteiger partial charge in [0.05, 0.1) is 17.9 Å². The van der Waals surface area contributed by atoms with Crippen molar-refractivity contribution in [3.63, 3.8) is 0 Å². The lowest BCUT2D eigenvalue weighted by Gasteiger charge is -2.32. The van der Waals surface area contributed by atoms with Gasteiger partial charge in [-0.3, -0.25) is 9.69 Å². The van der Waals surface area contributed by atoms with E-state index in [1.54, 1.807) is 0 Å². The monoisotopic (exact) mass is 503 g/mol. The number of carbonyl (C=O) groups excluding carboxylic acids is 1. The molecule has 0 bridgehead atoms. The maximum Gasteiger partial charge on any atom is 0.263 e. The van der Waals surface area contributed by atoms with Crippen molar-refractivity contribution in [2.75, 3.05) is 45.1 Å². The van der Waals surface area contributed by atoms with Crippen LogP contribution in [0.2, 0.25) is 0 Å². The molecule has 1 atom stereocenters. The second kappa shape index (κ2) is 9.18. The van der Waals surface area contributed by atoms with E-state index < -0.39 is 0 Å². The fourth-order valence-electron chi connectivity index (χ4n) is 5.23. The average Bonchev–Trinajstić information content (AvgIpc) is 3.28. The molecule has 1 aromatic heterocycles. The van der Waals surface area contributed by atoms with Gasteiger partial charge in [-0.1, -0.05) is 24.3 Å². The van der Waals surface area contributed by atoms with Crippen LogP contribution in [-0.2, 0) is 13.0 Å². The minimum Gasteiger partial charge on any atom is -0.479 e. The second-order valence-electron chi connectivity index (χ2n) is 10.8. The first kappa shape index (κ1) is 23.5. The van der Waals surface area contributed by atoms with Gasteiger partial charge in [0.1, 0.15) is 15.6 Å². The fraction of sp³-hybridized carbons (Fsp3) is 0.429. The first-order valence-electron chi connectivity index (χ1n) is 12.7. The number of ether oxygens (including phenoxy) is 1. The molecule has 2 aromatic carbocycles. The highest BCUT2D eigenvalue weighted by Crippen LogP contribution is 2.39. The number of rotatable bonds is 4. The quantitative estimate of drug-likeness (QED) is 0.557. The van der Waals surface area contributed by atoms with Crippen LogP contribution in [0, 0.1) is 0 Å². The number of hydrogen-bond acceptors (Lipinski definition) is 7. The minimum absolute atomic E-state index is 0.0336. The Hall–Kier alpha value is -2.94. The number of benzene rings is 2. The van der Waals surface area contributed by atoms with Gasteiger partial charge in [0.2, 0.25) is 0 Å². The van der Waals surface area contributed by atoms with E-state index in [0.29, 0.717) is 11.4 Å². The lowest BCUT2D eigenvalue weighted by atomic mass is 9.94. The molecule has 3 aliphatic rings. The molecule has 0 radical (unpaired) electrons. The number of hydrogen-bond donors (Lipinski definition) is 2. The van der Waals surface area contributed by atoms with Crippen LogP contribution in [0.1, 0.15) is 45.9 Å². The van der Waals surface area contributed by atoms with Crippen molar-refractivity contribution in [1.82, 2.24) is 20.1 Å². The molecule has 6 rings (SSSR count). The molecule has 4 heterocycles. The summed E-state index contributed by atoms with van der Waals surface area (Å²) in [6.07, 6.45) is 0.528. The molecule has 3 aromatic rings. The predicted octanol–water partition coefficient (Wildman–Crippen LogP) is 4.17. The molecular formula is C28H33N5O2S. The summed E-state index contributed by atoms with van der Waals surface area (Å²) >= 11 is 1.45. The number of anilines is 1. The third-order valence-electron chi connectivity index (χ3n) is 7.25. The molecule has 0 saturated carbocycles. The maximum absolute atomic E-state index is 12.5. The van der Waals surface area contributed by atoms with E-state index in [1.165, 1.54) is 28.0 Å². The number of piperazine rings is 1. The standard InChI is InChI=1S/C28H33N5O2S/c1-28(2)15-22-25(26(34)31-28)36-27(30-22)24-16-29-21-14-20(7-8-23(21)35-24)19-6-4-5-18(13-19)17-33-11-9-32(3)10-12-33/h4-8,13-14,24,29H,9-12,15-17H2,1-3H3,(H,31,34). The van der Waals surface area contributed by atoms with Crippen LogP contribution >= 0.6 is 11.3 Å². The number of thiazole rings is 1. The molecule has 1 fully saturated rings. The third-order valence-corrected chi connectivity index (χ3v) is 8.43. The number of likely N-dealkylation sites (N-methyl/N-ethyl adjacent to an activating group) is 1. The molecule has 1 unspecified atom stereocenters. The van der Waals surface area contributed by atoms with Gasteiger partial charge in [-0.05, 0) is 55.8 Å². The van der Waals surface area contributed by atoms with Gasteiger partial charge in [-0.25, -0.2) is 4.98 Å². The van der Waals surface area contributed by atoms with Crippen LogP contribution in [0.4, 0.5) is 5.69 Å². The molecule has 3 aliphatic heterocycles. The summed E-state index contributed by atoms with van der Waals surface area (Å²) in [4.78, 5) is 23.0. The Morgan fingerprint density at radius 3 is 2.75 bits per heavy atom. The van der Waals surface area contributed by atoms with Crippen LogP contribution in [0.3, 0.4) is 0 Å². The lowest BCUT2D eigenvalue weighted by Crippen LogP contribution is -2.48. The summed E-state index contributed by atoms with van der Waals surface area (Å²) in [5.74, 6) is 0.787. The van der Waals surface area contributed by atoms with Crippen molar-refractivity contribution in [1.29, 1.82) is 0 Å². The maximum atomic E-state index is 12.5. The van der Waals surface area contributed by atoms with Crippen LogP contribution in [0.15, 0.2) is 42.5 Å². The van der Waals surface area contributed by atoms with Gasteiger partial charge < -0.3 is 20.3 Å². The first-order valence-corrected chi connectivity index (χ1v) is 13.5. The highest BCUT2D eigenvalue weighted by Gasteiger charge is 2.35. The average molecular weight is 504 g/mol. The van der Waals surface area contributed by atoms with Crippen molar-refractivity contribution < 1.29 is 9.53 Å². The number of amides is 1. The van der Waals surface area contributed by atoms with E-state index >= 15 is 0 Å². The van der Waals surface area contributed by atoms with E-state index in [0.717, 1.165) is 61.3 Å². The van der Waals surface area contributed by atoms with E-state index in [9.17, 15) is 4.79 Å². The molecule has 7 nitrogen and oxygen atoms in total. The van der Waals surface area contributed by atoms with Gasteiger partial charge in [0, 0.05) is 44.7 Å². The second-order valence-corrected chi connectivity index (χ2v) is 11.9. The largest absolute Gasteiger partial charge is 0.479 e. The summed E-state index contributed by atoms with van der Waals surface area (Å²) in [5, 5.41) is 7.46.